The van der Waals surface area contributed by atoms with E-state index in [9.17, 15) is 14.3 Å². The molecule has 3 rings (SSSR count). The first kappa shape index (κ1) is 14.8. The number of carbonyl (C=O) groups excluding carboxylic acids is 1. The third kappa shape index (κ3) is 3.55. The fourth-order valence-electron chi connectivity index (χ4n) is 2.05. The molecule has 0 atom stereocenters. The average Bonchev–Trinajstić information content (AvgIpc) is 3.04. The van der Waals surface area contributed by atoms with E-state index in [0.29, 0.717) is 11.3 Å². The maximum absolute atomic E-state index is 12.8. The molecule has 6 heteroatoms. The number of nitrogens with one attached hydrogen (secondary N) is 1. The van der Waals surface area contributed by atoms with Crippen molar-refractivity contribution in [2.75, 3.05) is 0 Å². The molecule has 0 radical (unpaired) electrons. The van der Waals surface area contributed by atoms with Gasteiger partial charge >= 0.3 is 0 Å². The van der Waals surface area contributed by atoms with Crippen LogP contribution in [0.15, 0.2) is 59.1 Å². The van der Waals surface area contributed by atoms with Crippen LogP contribution >= 0.6 is 0 Å². The van der Waals surface area contributed by atoms with Gasteiger partial charge in [0.25, 0.3) is 5.91 Å². The number of phenols is 1. The maximum atomic E-state index is 12.8. The van der Waals surface area contributed by atoms with E-state index >= 15 is 0 Å². The molecule has 23 heavy (non-hydrogen) atoms. The van der Waals surface area contributed by atoms with Gasteiger partial charge in [-0.25, -0.2) is 4.39 Å². The number of aromatic hydroxyl groups is 1. The fourth-order valence-corrected chi connectivity index (χ4v) is 2.05. The van der Waals surface area contributed by atoms with Gasteiger partial charge in [0, 0.05) is 18.2 Å². The molecule has 0 fully saturated rings. The lowest BCUT2D eigenvalue weighted by atomic mass is 10.1. The van der Waals surface area contributed by atoms with Crippen LogP contribution in [0.4, 0.5) is 4.39 Å². The Morgan fingerprint density at radius 2 is 1.96 bits per heavy atom. The van der Waals surface area contributed by atoms with E-state index in [1.54, 1.807) is 24.3 Å². The molecule has 5 nitrogen and oxygen atoms in total. The average molecular weight is 312 g/mol. The van der Waals surface area contributed by atoms with Crippen molar-refractivity contribution >= 4 is 5.91 Å². The highest BCUT2D eigenvalue weighted by molar-refractivity contribution is 5.93. The number of hydrogen-bond donors (Lipinski definition) is 2. The number of aromatic nitrogens is 1. The standard InChI is InChI=1S/C17H13FN2O3/c18-13-6-4-11(5-7-13)10-19-17(22)15-9-16(23-20-15)12-2-1-3-14(21)8-12/h1-9,21H,10H2,(H,19,22). The minimum absolute atomic E-state index is 0.0983. The van der Waals surface area contributed by atoms with E-state index in [0.717, 1.165) is 5.56 Å². The van der Waals surface area contributed by atoms with E-state index in [1.807, 2.05) is 0 Å². The monoisotopic (exact) mass is 312 g/mol. The number of phenolic OH excluding ortho intramolecular Hbond substituents is 1. The van der Waals surface area contributed by atoms with Crippen molar-refractivity contribution in [3.63, 3.8) is 0 Å². The van der Waals surface area contributed by atoms with E-state index in [4.69, 9.17) is 4.52 Å². The van der Waals surface area contributed by atoms with Gasteiger partial charge < -0.3 is 14.9 Å². The van der Waals surface area contributed by atoms with Gasteiger partial charge in [0.15, 0.2) is 11.5 Å². The lowest BCUT2D eigenvalue weighted by Crippen LogP contribution is -2.23. The number of nitrogens with zero attached hydrogens (tertiary/aromatic N) is 1. The zero-order chi connectivity index (χ0) is 16.2. The molecule has 0 spiro atoms. The Morgan fingerprint density at radius 1 is 1.17 bits per heavy atom. The first-order valence-corrected chi connectivity index (χ1v) is 6.90. The second kappa shape index (κ2) is 6.31. The Kier molecular flexibility index (Phi) is 4.05. The second-order valence-electron chi connectivity index (χ2n) is 4.94. The van der Waals surface area contributed by atoms with Crippen LogP contribution < -0.4 is 5.32 Å². The van der Waals surface area contributed by atoms with Crippen LogP contribution in [-0.2, 0) is 6.54 Å². The van der Waals surface area contributed by atoms with Gasteiger partial charge in [0.1, 0.15) is 11.6 Å². The number of halogens is 1. The third-order valence-electron chi connectivity index (χ3n) is 3.24. The molecule has 1 heterocycles. The fraction of sp³-hybridized carbons (Fsp3) is 0.0588. The molecule has 0 aliphatic rings. The van der Waals surface area contributed by atoms with Gasteiger partial charge in [-0.2, -0.15) is 0 Å². The molecule has 0 saturated heterocycles. The smallest absolute Gasteiger partial charge is 0.273 e. The predicted molar refractivity (Wildman–Crippen MR) is 81.2 cm³/mol. The second-order valence-corrected chi connectivity index (χ2v) is 4.94. The van der Waals surface area contributed by atoms with Crippen LogP contribution in [0, 0.1) is 5.82 Å². The first-order chi connectivity index (χ1) is 11.1. The highest BCUT2D eigenvalue weighted by atomic mass is 19.1. The molecule has 0 unspecified atom stereocenters. The zero-order valence-corrected chi connectivity index (χ0v) is 12.0. The van der Waals surface area contributed by atoms with Crippen LogP contribution in [0.1, 0.15) is 16.1 Å². The van der Waals surface area contributed by atoms with Gasteiger partial charge in [-0.3, -0.25) is 4.79 Å². The van der Waals surface area contributed by atoms with Crippen LogP contribution in [0.5, 0.6) is 5.75 Å². The summed E-state index contributed by atoms with van der Waals surface area (Å²) in [5.74, 6) is -0.245. The minimum Gasteiger partial charge on any atom is -0.508 e. The van der Waals surface area contributed by atoms with Crippen LogP contribution in [0.25, 0.3) is 11.3 Å². The van der Waals surface area contributed by atoms with E-state index < -0.39 is 5.91 Å². The first-order valence-electron chi connectivity index (χ1n) is 6.90. The third-order valence-corrected chi connectivity index (χ3v) is 3.24. The number of amides is 1. The number of hydrogen-bond acceptors (Lipinski definition) is 4. The van der Waals surface area contributed by atoms with Crippen molar-refractivity contribution in [1.82, 2.24) is 10.5 Å². The van der Waals surface area contributed by atoms with E-state index in [1.165, 1.54) is 30.3 Å². The molecule has 0 saturated carbocycles. The van der Waals surface area contributed by atoms with Crippen molar-refractivity contribution in [1.29, 1.82) is 0 Å². The Bertz CT molecular complexity index is 828. The summed E-state index contributed by atoms with van der Waals surface area (Å²) in [7, 11) is 0. The number of rotatable bonds is 4. The highest BCUT2D eigenvalue weighted by Crippen LogP contribution is 2.23. The quantitative estimate of drug-likeness (QED) is 0.776. The normalized spacial score (nSPS) is 10.5. The summed E-state index contributed by atoms with van der Waals surface area (Å²) in [6.45, 7) is 0.257. The summed E-state index contributed by atoms with van der Waals surface area (Å²) in [6.07, 6.45) is 0. The Morgan fingerprint density at radius 3 is 2.70 bits per heavy atom. The molecule has 3 aromatic rings. The SMILES string of the molecule is O=C(NCc1ccc(F)cc1)c1cc(-c2cccc(O)c2)on1. The van der Waals surface area contributed by atoms with Crippen LogP contribution in [0.3, 0.4) is 0 Å². The summed E-state index contributed by atoms with van der Waals surface area (Å²) in [5.41, 5.74) is 1.52. The predicted octanol–water partition coefficient (Wildman–Crippen LogP) is 3.12. The van der Waals surface area contributed by atoms with Crippen molar-refractivity contribution in [2.45, 2.75) is 6.54 Å². The minimum atomic E-state index is -0.399. The van der Waals surface area contributed by atoms with Crippen LogP contribution in [-0.4, -0.2) is 16.2 Å². The summed E-state index contributed by atoms with van der Waals surface area (Å²) in [6, 6.07) is 13.8. The van der Waals surface area contributed by atoms with Crippen LogP contribution in [0.2, 0.25) is 0 Å². The van der Waals surface area contributed by atoms with E-state index in [-0.39, 0.29) is 23.8 Å². The molecular formula is C17H13FN2O3. The lowest BCUT2D eigenvalue weighted by Gasteiger charge is -2.02. The molecule has 2 aromatic carbocycles. The molecule has 2 N–H and O–H groups in total. The van der Waals surface area contributed by atoms with Crippen molar-refractivity contribution < 1.29 is 18.8 Å². The molecule has 1 aromatic heterocycles. The van der Waals surface area contributed by atoms with Gasteiger partial charge in [-0.05, 0) is 29.8 Å². The van der Waals surface area contributed by atoms with Crippen molar-refractivity contribution in [3.8, 4) is 17.1 Å². The van der Waals surface area contributed by atoms with Crippen molar-refractivity contribution in [3.05, 3.63) is 71.7 Å². The number of carbonyl (C=O) groups is 1. The summed E-state index contributed by atoms with van der Waals surface area (Å²) in [4.78, 5) is 12.0. The topological polar surface area (TPSA) is 75.4 Å². The molecule has 0 bridgehead atoms. The Labute approximate surface area is 131 Å². The molecule has 1 amide bonds. The van der Waals surface area contributed by atoms with Crippen molar-refractivity contribution in [2.24, 2.45) is 0 Å². The lowest BCUT2D eigenvalue weighted by molar-refractivity contribution is 0.0942. The van der Waals surface area contributed by atoms with Gasteiger partial charge in [-0.15, -0.1) is 0 Å². The molecular weight excluding hydrogens is 299 g/mol. The van der Waals surface area contributed by atoms with Gasteiger partial charge in [0.2, 0.25) is 0 Å². The Balaban J connectivity index is 1.67. The summed E-state index contributed by atoms with van der Waals surface area (Å²) < 4.78 is 17.9. The molecule has 0 aliphatic heterocycles. The number of benzene rings is 2. The largest absolute Gasteiger partial charge is 0.508 e. The van der Waals surface area contributed by atoms with Gasteiger partial charge in [-0.1, -0.05) is 29.4 Å². The maximum Gasteiger partial charge on any atom is 0.273 e. The van der Waals surface area contributed by atoms with E-state index in [2.05, 4.69) is 10.5 Å². The summed E-state index contributed by atoms with van der Waals surface area (Å²) in [5, 5.41) is 15.8. The zero-order valence-electron chi connectivity index (χ0n) is 12.0. The highest BCUT2D eigenvalue weighted by Gasteiger charge is 2.13. The summed E-state index contributed by atoms with van der Waals surface area (Å²) >= 11 is 0. The Hall–Kier alpha value is -3.15. The molecule has 0 aliphatic carbocycles. The van der Waals surface area contributed by atoms with Gasteiger partial charge in [0.05, 0.1) is 0 Å². The molecule has 116 valence electrons.